The molecule has 0 N–H and O–H groups in total. The standard InChI is InChI=1S/C19H28N2O6/c1-3-5-7-8-9-12-15(11-6-4-2)27-19(22)16-13-10-14-17(20(23)24)18(16)21(25)26/h10,13-15H,3-9,11-12H2,1-2H3. The lowest BCUT2D eigenvalue weighted by Gasteiger charge is -2.18. The third-order valence-corrected chi connectivity index (χ3v) is 4.40. The number of unbranched alkanes of at least 4 members (excludes halogenated alkanes) is 5. The lowest BCUT2D eigenvalue weighted by molar-refractivity contribution is -0.422. The summed E-state index contributed by atoms with van der Waals surface area (Å²) < 4.78 is 5.50. The highest BCUT2D eigenvalue weighted by Gasteiger charge is 2.33. The molecular weight excluding hydrogens is 352 g/mol. The van der Waals surface area contributed by atoms with Crippen LogP contribution in [0, 0.1) is 20.2 Å². The maximum atomic E-state index is 12.5. The molecule has 1 atom stereocenters. The molecule has 1 unspecified atom stereocenters. The fraction of sp³-hybridized carbons (Fsp3) is 0.632. The molecule has 0 bridgehead atoms. The number of hydrogen-bond donors (Lipinski definition) is 0. The summed E-state index contributed by atoms with van der Waals surface area (Å²) in [5.41, 5.74) is -1.90. The number of hydrogen-bond acceptors (Lipinski definition) is 6. The van der Waals surface area contributed by atoms with Crippen LogP contribution in [0.2, 0.25) is 0 Å². The van der Waals surface area contributed by atoms with E-state index in [1.165, 1.54) is 18.6 Å². The average molecular weight is 380 g/mol. The number of nitrogens with zero attached hydrogens (tertiary/aromatic N) is 2. The first kappa shape index (κ1) is 22.5. The van der Waals surface area contributed by atoms with Crippen LogP contribution in [0.4, 0.5) is 11.4 Å². The number of para-hydroxylation sites is 1. The molecule has 1 aromatic rings. The Morgan fingerprint density at radius 1 is 0.963 bits per heavy atom. The number of nitro benzene ring substituents is 2. The number of esters is 1. The second-order valence-electron chi connectivity index (χ2n) is 6.56. The summed E-state index contributed by atoms with van der Waals surface area (Å²) in [4.78, 5) is 33.1. The summed E-state index contributed by atoms with van der Waals surface area (Å²) in [6.45, 7) is 4.17. The molecule has 27 heavy (non-hydrogen) atoms. The van der Waals surface area contributed by atoms with Gasteiger partial charge in [0.2, 0.25) is 0 Å². The number of nitro groups is 2. The Balaban J connectivity index is 2.89. The Kier molecular flexibility index (Phi) is 10.00. The zero-order valence-electron chi connectivity index (χ0n) is 16.0. The number of rotatable bonds is 13. The third-order valence-electron chi connectivity index (χ3n) is 4.40. The van der Waals surface area contributed by atoms with Crippen LogP contribution in [0.3, 0.4) is 0 Å². The van der Waals surface area contributed by atoms with Crippen LogP contribution in [0.1, 0.15) is 82.0 Å². The van der Waals surface area contributed by atoms with E-state index in [4.69, 9.17) is 4.74 Å². The van der Waals surface area contributed by atoms with Gasteiger partial charge in [0.05, 0.1) is 9.85 Å². The average Bonchev–Trinajstić information content (AvgIpc) is 2.64. The van der Waals surface area contributed by atoms with Crippen molar-refractivity contribution in [1.82, 2.24) is 0 Å². The van der Waals surface area contributed by atoms with Gasteiger partial charge in [0, 0.05) is 6.07 Å². The molecule has 0 aliphatic heterocycles. The van der Waals surface area contributed by atoms with Gasteiger partial charge in [-0.2, -0.15) is 0 Å². The minimum absolute atomic E-state index is 0.335. The van der Waals surface area contributed by atoms with Crippen molar-refractivity contribution in [2.24, 2.45) is 0 Å². The number of carbonyl (C=O) groups is 1. The SMILES string of the molecule is CCCCCCCC(CCCC)OC(=O)c1cccc([N+](=O)[O-])c1[N+](=O)[O-]. The predicted molar refractivity (Wildman–Crippen MR) is 102 cm³/mol. The minimum Gasteiger partial charge on any atom is -0.459 e. The van der Waals surface area contributed by atoms with Crippen molar-refractivity contribution in [2.75, 3.05) is 0 Å². The number of ether oxygens (including phenoxy) is 1. The van der Waals surface area contributed by atoms with Crippen LogP contribution in [0.25, 0.3) is 0 Å². The van der Waals surface area contributed by atoms with E-state index in [0.717, 1.165) is 44.6 Å². The number of carbonyl (C=O) groups excluding carboxylic acids is 1. The first-order chi connectivity index (χ1) is 12.9. The first-order valence-electron chi connectivity index (χ1n) is 9.55. The normalized spacial score (nSPS) is 11.8. The summed E-state index contributed by atoms with van der Waals surface area (Å²) >= 11 is 0. The second kappa shape index (κ2) is 12.0. The van der Waals surface area contributed by atoms with E-state index < -0.39 is 27.2 Å². The fourth-order valence-electron chi connectivity index (χ4n) is 2.92. The van der Waals surface area contributed by atoms with E-state index in [2.05, 4.69) is 6.92 Å². The minimum atomic E-state index is -0.902. The van der Waals surface area contributed by atoms with E-state index in [-0.39, 0.29) is 11.7 Å². The molecule has 0 aromatic heterocycles. The summed E-state index contributed by atoms with van der Waals surface area (Å²) in [6, 6.07) is 3.47. The van der Waals surface area contributed by atoms with Gasteiger partial charge in [-0.15, -0.1) is 0 Å². The highest BCUT2D eigenvalue weighted by atomic mass is 16.6. The van der Waals surface area contributed by atoms with Crippen molar-refractivity contribution in [2.45, 2.75) is 77.7 Å². The summed E-state index contributed by atoms with van der Waals surface area (Å²) in [5, 5.41) is 22.3. The highest BCUT2D eigenvalue weighted by molar-refractivity contribution is 5.96. The molecule has 0 fully saturated rings. The Morgan fingerprint density at radius 3 is 2.19 bits per heavy atom. The summed E-state index contributed by atoms with van der Waals surface area (Å²) in [7, 11) is 0. The van der Waals surface area contributed by atoms with Crippen LogP contribution >= 0.6 is 0 Å². The van der Waals surface area contributed by atoms with Gasteiger partial charge in [-0.25, -0.2) is 4.79 Å². The van der Waals surface area contributed by atoms with Gasteiger partial charge in [0.1, 0.15) is 11.7 Å². The van der Waals surface area contributed by atoms with Gasteiger partial charge >= 0.3 is 17.3 Å². The van der Waals surface area contributed by atoms with E-state index in [1.54, 1.807) is 0 Å². The van der Waals surface area contributed by atoms with E-state index in [1.807, 2.05) is 6.92 Å². The van der Waals surface area contributed by atoms with Gasteiger partial charge < -0.3 is 4.74 Å². The third kappa shape index (κ3) is 7.32. The second-order valence-corrected chi connectivity index (χ2v) is 6.56. The fourth-order valence-corrected chi connectivity index (χ4v) is 2.92. The van der Waals surface area contributed by atoms with Gasteiger partial charge in [-0.05, 0) is 25.3 Å². The van der Waals surface area contributed by atoms with E-state index in [9.17, 15) is 25.0 Å². The zero-order valence-corrected chi connectivity index (χ0v) is 16.0. The molecule has 0 spiro atoms. The van der Waals surface area contributed by atoms with Crippen LogP contribution in [-0.2, 0) is 4.74 Å². The van der Waals surface area contributed by atoms with E-state index >= 15 is 0 Å². The first-order valence-corrected chi connectivity index (χ1v) is 9.55. The molecule has 0 aliphatic rings. The van der Waals surface area contributed by atoms with Gasteiger partial charge in [-0.1, -0.05) is 58.4 Å². The summed E-state index contributed by atoms with van der Waals surface area (Å²) in [6.07, 6.45) is 8.26. The van der Waals surface area contributed by atoms with Crippen LogP contribution < -0.4 is 0 Å². The molecule has 8 heteroatoms. The van der Waals surface area contributed by atoms with Crippen LogP contribution in [-0.4, -0.2) is 21.9 Å². The Bertz CT molecular complexity index is 647. The van der Waals surface area contributed by atoms with Crippen molar-refractivity contribution < 1.29 is 19.4 Å². The smallest absolute Gasteiger partial charge is 0.360 e. The molecule has 8 nitrogen and oxygen atoms in total. The highest BCUT2D eigenvalue weighted by Crippen LogP contribution is 2.31. The topological polar surface area (TPSA) is 113 Å². The molecule has 1 rings (SSSR count). The maximum Gasteiger partial charge on any atom is 0.360 e. The van der Waals surface area contributed by atoms with Crippen molar-refractivity contribution in [3.63, 3.8) is 0 Å². The Labute approximate surface area is 159 Å². The van der Waals surface area contributed by atoms with E-state index in [0.29, 0.717) is 12.8 Å². The van der Waals surface area contributed by atoms with Crippen molar-refractivity contribution in [1.29, 1.82) is 0 Å². The summed E-state index contributed by atoms with van der Waals surface area (Å²) in [5.74, 6) is -0.875. The predicted octanol–water partition coefficient (Wildman–Crippen LogP) is 5.58. The Hall–Kier alpha value is -2.51. The maximum absolute atomic E-state index is 12.5. The molecule has 0 amide bonds. The molecule has 0 aliphatic carbocycles. The van der Waals surface area contributed by atoms with Crippen molar-refractivity contribution >= 4 is 17.3 Å². The molecule has 0 saturated carbocycles. The lowest BCUT2D eigenvalue weighted by atomic mass is 10.0. The quantitative estimate of drug-likeness (QED) is 0.191. The van der Waals surface area contributed by atoms with Crippen molar-refractivity contribution in [3.05, 3.63) is 44.0 Å². The van der Waals surface area contributed by atoms with Gasteiger partial charge in [0.15, 0.2) is 0 Å². The molecular formula is C19H28N2O6. The largest absolute Gasteiger partial charge is 0.459 e. The number of benzene rings is 1. The van der Waals surface area contributed by atoms with Gasteiger partial charge in [-0.3, -0.25) is 20.2 Å². The molecule has 0 radical (unpaired) electrons. The monoisotopic (exact) mass is 380 g/mol. The van der Waals surface area contributed by atoms with Gasteiger partial charge in [0.25, 0.3) is 0 Å². The molecule has 0 heterocycles. The van der Waals surface area contributed by atoms with Crippen LogP contribution in [0.5, 0.6) is 0 Å². The molecule has 0 saturated heterocycles. The van der Waals surface area contributed by atoms with Crippen molar-refractivity contribution in [3.8, 4) is 0 Å². The van der Waals surface area contributed by atoms with Crippen LogP contribution in [0.15, 0.2) is 18.2 Å². The molecule has 150 valence electrons. The zero-order chi connectivity index (χ0) is 20.2. The lowest BCUT2D eigenvalue weighted by Crippen LogP contribution is -2.19. The molecule has 1 aromatic carbocycles. The Morgan fingerprint density at radius 2 is 1.59 bits per heavy atom.